The number of benzene rings is 1. The van der Waals surface area contributed by atoms with E-state index in [1.165, 1.54) is 0 Å². The topological polar surface area (TPSA) is 75.1 Å². The molecule has 0 radical (unpaired) electrons. The molecule has 98 valence electrons. The number of aryl methyl sites for hydroxylation is 1. The van der Waals surface area contributed by atoms with Gasteiger partial charge in [-0.15, -0.1) is 0 Å². The zero-order valence-corrected chi connectivity index (χ0v) is 11.6. The van der Waals surface area contributed by atoms with Crippen LogP contribution in [0.15, 0.2) is 41.0 Å². The number of nitrogens with one attached hydrogen (secondary N) is 1. The SMILES string of the molecule is O=C(O)CCc1nccc(Nc2ccc(Br)cc2)n1. The molecule has 0 fully saturated rings. The number of aromatic nitrogens is 2. The zero-order valence-electron chi connectivity index (χ0n) is 10.0. The van der Waals surface area contributed by atoms with Crippen LogP contribution in [0.1, 0.15) is 12.2 Å². The Morgan fingerprint density at radius 2 is 2.00 bits per heavy atom. The van der Waals surface area contributed by atoms with Crippen molar-refractivity contribution in [2.45, 2.75) is 12.8 Å². The van der Waals surface area contributed by atoms with E-state index in [1.54, 1.807) is 12.3 Å². The summed E-state index contributed by atoms with van der Waals surface area (Å²) in [5.41, 5.74) is 0.908. The van der Waals surface area contributed by atoms with Gasteiger partial charge >= 0.3 is 5.97 Å². The molecule has 19 heavy (non-hydrogen) atoms. The molecule has 5 nitrogen and oxygen atoms in total. The van der Waals surface area contributed by atoms with Gasteiger partial charge in [0.25, 0.3) is 0 Å². The van der Waals surface area contributed by atoms with Crippen LogP contribution in [-0.4, -0.2) is 21.0 Å². The van der Waals surface area contributed by atoms with Gasteiger partial charge in [0.2, 0.25) is 0 Å². The lowest BCUT2D eigenvalue weighted by molar-refractivity contribution is -0.137. The highest BCUT2D eigenvalue weighted by Crippen LogP contribution is 2.17. The van der Waals surface area contributed by atoms with E-state index in [0.29, 0.717) is 18.1 Å². The summed E-state index contributed by atoms with van der Waals surface area (Å²) in [7, 11) is 0. The van der Waals surface area contributed by atoms with E-state index in [4.69, 9.17) is 5.11 Å². The molecule has 1 heterocycles. The molecule has 0 bridgehead atoms. The summed E-state index contributed by atoms with van der Waals surface area (Å²) in [6, 6.07) is 9.43. The van der Waals surface area contributed by atoms with Gasteiger partial charge in [0.15, 0.2) is 0 Å². The maximum Gasteiger partial charge on any atom is 0.303 e. The monoisotopic (exact) mass is 321 g/mol. The Balaban J connectivity index is 2.06. The van der Waals surface area contributed by atoms with Crippen LogP contribution in [0.3, 0.4) is 0 Å². The van der Waals surface area contributed by atoms with E-state index < -0.39 is 5.97 Å². The van der Waals surface area contributed by atoms with Crippen molar-refractivity contribution in [3.05, 3.63) is 46.8 Å². The number of aliphatic carboxylic acids is 1. The van der Waals surface area contributed by atoms with Crippen LogP contribution in [0.5, 0.6) is 0 Å². The Hall–Kier alpha value is -1.95. The number of hydrogen-bond acceptors (Lipinski definition) is 4. The van der Waals surface area contributed by atoms with Crippen LogP contribution in [0.2, 0.25) is 0 Å². The fourth-order valence-electron chi connectivity index (χ4n) is 1.49. The molecular weight excluding hydrogens is 310 g/mol. The first-order valence-electron chi connectivity index (χ1n) is 5.70. The highest BCUT2D eigenvalue weighted by atomic mass is 79.9. The van der Waals surface area contributed by atoms with Gasteiger partial charge in [-0.25, -0.2) is 9.97 Å². The van der Waals surface area contributed by atoms with Crippen molar-refractivity contribution in [3.63, 3.8) is 0 Å². The van der Waals surface area contributed by atoms with Gasteiger partial charge in [0.05, 0.1) is 6.42 Å². The molecule has 2 N–H and O–H groups in total. The lowest BCUT2D eigenvalue weighted by Crippen LogP contribution is -2.03. The van der Waals surface area contributed by atoms with Crippen LogP contribution < -0.4 is 5.32 Å². The second-order valence-electron chi connectivity index (χ2n) is 3.88. The van der Waals surface area contributed by atoms with Crippen LogP contribution in [0.25, 0.3) is 0 Å². The Labute approximate surface area is 118 Å². The molecule has 1 aromatic heterocycles. The second kappa shape index (κ2) is 6.29. The molecule has 0 saturated carbocycles. The van der Waals surface area contributed by atoms with Crippen LogP contribution >= 0.6 is 15.9 Å². The predicted molar refractivity (Wildman–Crippen MR) is 75.4 cm³/mol. The van der Waals surface area contributed by atoms with Gasteiger partial charge < -0.3 is 10.4 Å². The molecule has 0 aliphatic rings. The van der Waals surface area contributed by atoms with Crippen LogP contribution in [-0.2, 0) is 11.2 Å². The molecule has 0 aliphatic carbocycles. The maximum atomic E-state index is 10.5. The third kappa shape index (κ3) is 4.33. The number of carboxylic acids is 1. The van der Waals surface area contributed by atoms with E-state index in [-0.39, 0.29) is 6.42 Å². The zero-order chi connectivity index (χ0) is 13.7. The second-order valence-corrected chi connectivity index (χ2v) is 4.80. The van der Waals surface area contributed by atoms with Crippen molar-refractivity contribution >= 4 is 33.4 Å². The number of nitrogens with zero attached hydrogens (tertiary/aromatic N) is 2. The summed E-state index contributed by atoms with van der Waals surface area (Å²) in [6.45, 7) is 0. The lowest BCUT2D eigenvalue weighted by Gasteiger charge is -2.06. The Morgan fingerprint density at radius 3 is 2.68 bits per heavy atom. The van der Waals surface area contributed by atoms with Gasteiger partial charge in [0, 0.05) is 22.8 Å². The largest absolute Gasteiger partial charge is 0.481 e. The predicted octanol–water partition coefficient (Wildman–Crippen LogP) is 3.00. The number of carboxylic acid groups (broad SMARTS) is 1. The Kier molecular flexibility index (Phi) is 4.46. The standard InChI is InChI=1S/C13H12BrN3O2/c14-9-1-3-10(4-2-9)16-12-7-8-15-11(17-12)5-6-13(18)19/h1-4,7-8H,5-6H2,(H,18,19)(H,15,16,17). The highest BCUT2D eigenvalue weighted by Gasteiger charge is 2.03. The molecule has 1 aromatic carbocycles. The minimum Gasteiger partial charge on any atom is -0.481 e. The number of hydrogen-bond donors (Lipinski definition) is 2. The van der Waals surface area contributed by atoms with Crippen molar-refractivity contribution in [1.29, 1.82) is 0 Å². The minimum atomic E-state index is -0.852. The third-order valence-corrected chi connectivity index (χ3v) is 2.91. The first-order chi connectivity index (χ1) is 9.13. The van der Waals surface area contributed by atoms with Gasteiger partial charge in [0.1, 0.15) is 11.6 Å². The summed E-state index contributed by atoms with van der Waals surface area (Å²) in [5, 5.41) is 11.8. The highest BCUT2D eigenvalue weighted by molar-refractivity contribution is 9.10. The lowest BCUT2D eigenvalue weighted by atomic mass is 10.3. The molecule has 2 aromatic rings. The van der Waals surface area contributed by atoms with Gasteiger partial charge in [-0.3, -0.25) is 4.79 Å². The summed E-state index contributed by atoms with van der Waals surface area (Å²) in [5.74, 6) is 0.317. The molecule has 0 spiro atoms. The quantitative estimate of drug-likeness (QED) is 0.885. The van der Waals surface area contributed by atoms with E-state index in [9.17, 15) is 4.79 Å². The molecule has 0 aliphatic heterocycles. The van der Waals surface area contributed by atoms with Gasteiger partial charge in [-0.1, -0.05) is 15.9 Å². The van der Waals surface area contributed by atoms with E-state index in [2.05, 4.69) is 31.2 Å². The summed E-state index contributed by atoms with van der Waals surface area (Å²) in [6.07, 6.45) is 1.97. The molecule has 0 amide bonds. The smallest absolute Gasteiger partial charge is 0.303 e. The fraction of sp³-hybridized carbons (Fsp3) is 0.154. The Morgan fingerprint density at radius 1 is 1.26 bits per heavy atom. The molecule has 2 rings (SSSR count). The van der Waals surface area contributed by atoms with E-state index >= 15 is 0 Å². The number of rotatable bonds is 5. The molecule has 0 atom stereocenters. The summed E-state index contributed by atoms with van der Waals surface area (Å²) < 4.78 is 1.00. The maximum absolute atomic E-state index is 10.5. The normalized spacial score (nSPS) is 10.2. The van der Waals surface area contributed by atoms with Crippen molar-refractivity contribution in [2.24, 2.45) is 0 Å². The average Bonchev–Trinajstić information content (AvgIpc) is 2.40. The molecular formula is C13H12BrN3O2. The number of anilines is 2. The molecule has 6 heteroatoms. The van der Waals surface area contributed by atoms with Crippen molar-refractivity contribution in [3.8, 4) is 0 Å². The summed E-state index contributed by atoms with van der Waals surface area (Å²) in [4.78, 5) is 18.8. The van der Waals surface area contributed by atoms with E-state index in [0.717, 1.165) is 10.2 Å². The fourth-order valence-corrected chi connectivity index (χ4v) is 1.75. The van der Waals surface area contributed by atoms with Gasteiger partial charge in [-0.05, 0) is 30.3 Å². The number of halogens is 1. The van der Waals surface area contributed by atoms with Crippen LogP contribution in [0.4, 0.5) is 11.5 Å². The van der Waals surface area contributed by atoms with Crippen molar-refractivity contribution in [1.82, 2.24) is 9.97 Å². The third-order valence-electron chi connectivity index (χ3n) is 2.38. The number of carbonyl (C=O) groups is 1. The summed E-state index contributed by atoms with van der Waals surface area (Å²) >= 11 is 3.37. The first kappa shape index (κ1) is 13.5. The molecule has 0 unspecified atom stereocenters. The average molecular weight is 322 g/mol. The first-order valence-corrected chi connectivity index (χ1v) is 6.49. The van der Waals surface area contributed by atoms with Crippen molar-refractivity contribution < 1.29 is 9.90 Å². The van der Waals surface area contributed by atoms with Gasteiger partial charge in [-0.2, -0.15) is 0 Å². The van der Waals surface area contributed by atoms with E-state index in [1.807, 2.05) is 24.3 Å². The molecule has 0 saturated heterocycles. The Bertz CT molecular complexity index is 572. The van der Waals surface area contributed by atoms with Crippen LogP contribution in [0, 0.1) is 0 Å². The van der Waals surface area contributed by atoms with Crippen molar-refractivity contribution in [2.75, 3.05) is 5.32 Å². The minimum absolute atomic E-state index is 0.0295.